The number of epoxide rings is 1. The zero-order valence-corrected chi connectivity index (χ0v) is 7.94. The van der Waals surface area contributed by atoms with Crippen LogP contribution in [0.3, 0.4) is 0 Å². The molecule has 0 aromatic heterocycles. The van der Waals surface area contributed by atoms with Crippen molar-refractivity contribution in [3.8, 4) is 5.75 Å². The van der Waals surface area contributed by atoms with Gasteiger partial charge in [0.1, 0.15) is 6.10 Å². The molecule has 0 N–H and O–H groups in total. The molecule has 0 spiro atoms. The van der Waals surface area contributed by atoms with Crippen LogP contribution in [0.4, 0.5) is 0 Å². The van der Waals surface area contributed by atoms with Crippen LogP contribution < -0.4 is 0 Å². The lowest BCUT2D eigenvalue weighted by Crippen LogP contribution is -2.04. The van der Waals surface area contributed by atoms with Gasteiger partial charge < -0.3 is 9.47 Å². The second-order valence-corrected chi connectivity index (χ2v) is 3.39. The molecular formula is C11H13O3. The SMILES string of the molecule is [O]c1ccccc1CCOCC1CO1. The third-order valence-electron chi connectivity index (χ3n) is 2.19. The molecule has 0 amide bonds. The standard InChI is InChI=1S/C11H13O3/c12-11-4-2-1-3-9(11)5-6-13-7-10-8-14-10/h1-4,10H,5-8H2. The van der Waals surface area contributed by atoms with Crippen molar-refractivity contribution in [3.05, 3.63) is 29.8 Å². The zero-order chi connectivity index (χ0) is 9.80. The van der Waals surface area contributed by atoms with E-state index in [9.17, 15) is 5.11 Å². The molecule has 1 radical (unpaired) electrons. The molecule has 0 saturated carbocycles. The summed E-state index contributed by atoms with van der Waals surface area (Å²) in [6.45, 7) is 2.07. The van der Waals surface area contributed by atoms with Crippen molar-refractivity contribution in [2.75, 3.05) is 19.8 Å². The van der Waals surface area contributed by atoms with E-state index in [1.807, 2.05) is 12.1 Å². The molecule has 75 valence electrons. The van der Waals surface area contributed by atoms with Crippen LogP contribution in [0.5, 0.6) is 5.75 Å². The zero-order valence-electron chi connectivity index (χ0n) is 7.94. The molecule has 3 nitrogen and oxygen atoms in total. The highest BCUT2D eigenvalue weighted by Gasteiger charge is 2.22. The molecule has 1 aliphatic rings. The van der Waals surface area contributed by atoms with Gasteiger partial charge >= 0.3 is 0 Å². The van der Waals surface area contributed by atoms with E-state index < -0.39 is 0 Å². The minimum Gasteiger partial charge on any atom is -0.378 e. The summed E-state index contributed by atoms with van der Waals surface area (Å²) in [5, 5.41) is 11.3. The van der Waals surface area contributed by atoms with Crippen LogP contribution in [0, 0.1) is 0 Å². The van der Waals surface area contributed by atoms with Crippen LogP contribution in [0.1, 0.15) is 5.56 Å². The van der Waals surface area contributed by atoms with E-state index in [0.29, 0.717) is 25.7 Å². The molecule has 1 aromatic carbocycles. The maximum absolute atomic E-state index is 11.3. The van der Waals surface area contributed by atoms with Crippen molar-refractivity contribution in [2.45, 2.75) is 12.5 Å². The van der Waals surface area contributed by atoms with Gasteiger partial charge in [0.05, 0.1) is 19.8 Å². The van der Waals surface area contributed by atoms with Gasteiger partial charge in [0.2, 0.25) is 0 Å². The Bertz CT molecular complexity index is 294. The number of rotatable bonds is 5. The first-order valence-corrected chi connectivity index (χ1v) is 4.80. The molecule has 1 fully saturated rings. The predicted molar refractivity (Wildman–Crippen MR) is 50.8 cm³/mol. The predicted octanol–water partition coefficient (Wildman–Crippen LogP) is 1.79. The monoisotopic (exact) mass is 193 g/mol. The highest BCUT2D eigenvalue weighted by Crippen LogP contribution is 2.17. The Morgan fingerprint density at radius 1 is 1.43 bits per heavy atom. The summed E-state index contributed by atoms with van der Waals surface area (Å²) in [6.07, 6.45) is 0.990. The molecule has 3 heteroatoms. The normalized spacial score (nSPS) is 19.6. The Morgan fingerprint density at radius 3 is 2.93 bits per heavy atom. The van der Waals surface area contributed by atoms with Crippen molar-refractivity contribution in [3.63, 3.8) is 0 Å². The van der Waals surface area contributed by atoms with E-state index in [4.69, 9.17) is 9.47 Å². The number of hydrogen-bond acceptors (Lipinski definition) is 2. The lowest BCUT2D eigenvalue weighted by atomic mass is 10.1. The summed E-state index contributed by atoms with van der Waals surface area (Å²) in [5.41, 5.74) is 0.823. The van der Waals surface area contributed by atoms with Crippen LogP contribution in [-0.2, 0) is 21.0 Å². The van der Waals surface area contributed by atoms with Crippen molar-refractivity contribution in [1.29, 1.82) is 0 Å². The van der Waals surface area contributed by atoms with Gasteiger partial charge in [-0.3, -0.25) is 5.11 Å². The lowest BCUT2D eigenvalue weighted by molar-refractivity contribution is 0.118. The van der Waals surface area contributed by atoms with E-state index in [0.717, 1.165) is 12.2 Å². The molecule has 14 heavy (non-hydrogen) atoms. The van der Waals surface area contributed by atoms with Gasteiger partial charge in [-0.15, -0.1) is 0 Å². The maximum Gasteiger partial charge on any atom is 0.181 e. The molecule has 1 aromatic rings. The van der Waals surface area contributed by atoms with Crippen molar-refractivity contribution in [2.24, 2.45) is 0 Å². The third kappa shape index (κ3) is 2.72. The Morgan fingerprint density at radius 2 is 2.21 bits per heavy atom. The lowest BCUT2D eigenvalue weighted by Gasteiger charge is -2.02. The average molecular weight is 193 g/mol. The first-order chi connectivity index (χ1) is 6.86. The van der Waals surface area contributed by atoms with Gasteiger partial charge in [-0.2, -0.15) is 0 Å². The Labute approximate surface area is 83.3 Å². The fourth-order valence-electron chi connectivity index (χ4n) is 1.27. The Balaban J connectivity index is 1.71. The quantitative estimate of drug-likeness (QED) is 0.528. The Kier molecular flexibility index (Phi) is 3.01. The molecule has 1 unspecified atom stereocenters. The van der Waals surface area contributed by atoms with Crippen molar-refractivity contribution in [1.82, 2.24) is 0 Å². The van der Waals surface area contributed by atoms with Crippen molar-refractivity contribution < 1.29 is 14.6 Å². The van der Waals surface area contributed by atoms with Crippen LogP contribution in [0.2, 0.25) is 0 Å². The molecule has 1 aliphatic heterocycles. The first kappa shape index (κ1) is 9.49. The fraction of sp³-hybridized carbons (Fsp3) is 0.455. The Hall–Kier alpha value is -1.06. The van der Waals surface area contributed by atoms with Gasteiger partial charge in [-0.05, 0) is 12.5 Å². The van der Waals surface area contributed by atoms with E-state index in [2.05, 4.69) is 0 Å². The van der Waals surface area contributed by atoms with Gasteiger partial charge in [0.15, 0.2) is 5.75 Å². The highest BCUT2D eigenvalue weighted by atomic mass is 16.6. The van der Waals surface area contributed by atoms with Gasteiger partial charge in [-0.25, -0.2) is 0 Å². The number of hydrogen-bond donors (Lipinski definition) is 0. The molecule has 1 atom stereocenters. The summed E-state index contributed by atoms with van der Waals surface area (Å²) in [4.78, 5) is 0. The van der Waals surface area contributed by atoms with E-state index >= 15 is 0 Å². The topological polar surface area (TPSA) is 41.7 Å². The smallest absolute Gasteiger partial charge is 0.181 e. The number of ether oxygens (including phenoxy) is 2. The summed E-state index contributed by atoms with van der Waals surface area (Å²) in [6, 6.07) is 7.06. The molecule has 1 saturated heterocycles. The largest absolute Gasteiger partial charge is 0.378 e. The summed E-state index contributed by atoms with van der Waals surface area (Å²) in [5.74, 6) is 0.0961. The molecule has 0 aliphatic carbocycles. The van der Waals surface area contributed by atoms with Crippen LogP contribution >= 0.6 is 0 Å². The maximum atomic E-state index is 11.3. The van der Waals surface area contributed by atoms with Gasteiger partial charge in [0, 0.05) is 5.56 Å². The molecular weight excluding hydrogens is 180 g/mol. The summed E-state index contributed by atoms with van der Waals surface area (Å²) < 4.78 is 10.4. The second kappa shape index (κ2) is 4.44. The van der Waals surface area contributed by atoms with Crippen LogP contribution in [-0.4, -0.2) is 25.9 Å². The van der Waals surface area contributed by atoms with Crippen LogP contribution in [0.25, 0.3) is 0 Å². The molecule has 0 bridgehead atoms. The van der Waals surface area contributed by atoms with Crippen molar-refractivity contribution >= 4 is 0 Å². The third-order valence-corrected chi connectivity index (χ3v) is 2.19. The fourth-order valence-corrected chi connectivity index (χ4v) is 1.27. The van der Waals surface area contributed by atoms with E-state index in [1.165, 1.54) is 0 Å². The molecule has 1 heterocycles. The minimum absolute atomic E-state index is 0.0961. The average Bonchev–Trinajstić information content (AvgIpc) is 2.99. The summed E-state index contributed by atoms with van der Waals surface area (Å²) in [7, 11) is 0. The van der Waals surface area contributed by atoms with Gasteiger partial charge in [-0.1, -0.05) is 18.2 Å². The van der Waals surface area contributed by atoms with E-state index in [-0.39, 0.29) is 5.75 Å². The summed E-state index contributed by atoms with van der Waals surface area (Å²) >= 11 is 0. The van der Waals surface area contributed by atoms with Crippen LogP contribution in [0.15, 0.2) is 24.3 Å². The molecule has 2 rings (SSSR count). The first-order valence-electron chi connectivity index (χ1n) is 4.80. The van der Waals surface area contributed by atoms with Gasteiger partial charge in [0.25, 0.3) is 0 Å². The minimum atomic E-state index is 0.0961. The second-order valence-electron chi connectivity index (χ2n) is 3.39. The highest BCUT2D eigenvalue weighted by molar-refractivity contribution is 5.31. The number of benzene rings is 1. The number of para-hydroxylation sites is 1. The van der Waals surface area contributed by atoms with E-state index in [1.54, 1.807) is 12.1 Å².